The molecule has 1 unspecified atom stereocenters. The highest BCUT2D eigenvalue weighted by Gasteiger charge is 2.40. The summed E-state index contributed by atoms with van der Waals surface area (Å²) < 4.78 is 16.9. The molecule has 128 valence electrons. The fourth-order valence-corrected chi connectivity index (χ4v) is 3.54. The van der Waals surface area contributed by atoms with Crippen LogP contribution in [-0.2, 0) is 11.2 Å². The molecule has 0 bridgehead atoms. The van der Waals surface area contributed by atoms with E-state index in [1.165, 1.54) is 17.4 Å². The van der Waals surface area contributed by atoms with Gasteiger partial charge in [-0.3, -0.25) is 0 Å². The summed E-state index contributed by atoms with van der Waals surface area (Å²) in [5.74, 6) is 0.308. The molecule has 1 atom stereocenters. The molecule has 0 aliphatic carbocycles. The summed E-state index contributed by atoms with van der Waals surface area (Å²) in [7, 11) is 0. The second-order valence-corrected chi connectivity index (χ2v) is 7.48. The number of fused-ring (bicyclic) bond motifs is 2. The third-order valence-corrected chi connectivity index (χ3v) is 5.18. The zero-order valence-electron chi connectivity index (χ0n) is 13.8. The molecule has 1 aliphatic heterocycles. The van der Waals surface area contributed by atoms with E-state index in [4.69, 9.17) is 13.9 Å². The van der Waals surface area contributed by atoms with Crippen molar-refractivity contribution in [3.8, 4) is 5.75 Å². The van der Waals surface area contributed by atoms with E-state index < -0.39 is 11.2 Å². The van der Waals surface area contributed by atoms with Crippen LogP contribution in [0.3, 0.4) is 0 Å². The van der Waals surface area contributed by atoms with Gasteiger partial charge in [-0.15, -0.1) is 11.3 Å². The van der Waals surface area contributed by atoms with Gasteiger partial charge in [-0.2, -0.15) is 0 Å². The van der Waals surface area contributed by atoms with Crippen LogP contribution in [0.4, 0.5) is 0 Å². The van der Waals surface area contributed by atoms with Gasteiger partial charge in [0, 0.05) is 23.9 Å². The van der Waals surface area contributed by atoms with Crippen LogP contribution in [0.5, 0.6) is 5.75 Å². The lowest BCUT2D eigenvalue weighted by Gasteiger charge is -2.30. The number of hydrogen-bond acceptors (Lipinski definition) is 6. The first-order chi connectivity index (χ1) is 11.9. The van der Waals surface area contributed by atoms with Gasteiger partial charge in [0.1, 0.15) is 27.9 Å². The van der Waals surface area contributed by atoms with E-state index in [0.29, 0.717) is 22.6 Å². The molecule has 0 amide bonds. The lowest BCUT2D eigenvalue weighted by molar-refractivity contribution is -0.0513. The predicted molar refractivity (Wildman–Crippen MR) is 94.4 cm³/mol. The third-order valence-electron chi connectivity index (χ3n) is 4.33. The van der Waals surface area contributed by atoms with Crippen LogP contribution in [0, 0.1) is 0 Å². The molecule has 0 radical (unpaired) electrons. The van der Waals surface area contributed by atoms with Gasteiger partial charge in [0.2, 0.25) is 0 Å². The van der Waals surface area contributed by atoms with E-state index in [1.807, 2.05) is 31.4 Å². The number of thiophene rings is 1. The zero-order chi connectivity index (χ0) is 17.6. The van der Waals surface area contributed by atoms with Crippen LogP contribution in [0.15, 0.2) is 51.0 Å². The number of hydrogen-bond donors (Lipinski definition) is 0. The molecule has 4 rings (SSSR count). The first kappa shape index (κ1) is 15.9. The first-order valence-electron chi connectivity index (χ1n) is 7.93. The van der Waals surface area contributed by atoms with E-state index in [9.17, 15) is 9.59 Å². The molecule has 0 spiro atoms. The molecule has 25 heavy (non-hydrogen) atoms. The molecule has 3 heterocycles. The third kappa shape index (κ3) is 2.93. The van der Waals surface area contributed by atoms with Gasteiger partial charge in [-0.05, 0) is 43.0 Å². The van der Waals surface area contributed by atoms with E-state index in [0.717, 1.165) is 10.9 Å². The first-order valence-corrected chi connectivity index (χ1v) is 8.81. The predicted octanol–water partition coefficient (Wildman–Crippen LogP) is 3.79. The Hall–Kier alpha value is -2.60. The van der Waals surface area contributed by atoms with Crippen molar-refractivity contribution < 1.29 is 18.7 Å². The van der Waals surface area contributed by atoms with Crippen molar-refractivity contribution >= 4 is 28.3 Å². The average Bonchev–Trinajstić information content (AvgIpc) is 3.21. The summed E-state index contributed by atoms with van der Waals surface area (Å²) in [6.07, 6.45) is 0.310. The van der Waals surface area contributed by atoms with Crippen molar-refractivity contribution in [2.45, 2.75) is 32.0 Å². The molecular weight excluding hydrogens is 340 g/mol. The quantitative estimate of drug-likeness (QED) is 0.528. The van der Waals surface area contributed by atoms with Gasteiger partial charge < -0.3 is 13.9 Å². The molecule has 0 fully saturated rings. The molecule has 0 N–H and O–H groups in total. The highest BCUT2D eigenvalue weighted by molar-refractivity contribution is 7.11. The topological polar surface area (TPSA) is 65.7 Å². The molecule has 0 saturated carbocycles. The summed E-state index contributed by atoms with van der Waals surface area (Å²) in [6.45, 7) is 3.68. The van der Waals surface area contributed by atoms with Crippen LogP contribution < -0.4 is 10.4 Å². The molecule has 3 aromatic rings. The lowest BCUT2D eigenvalue weighted by Crippen LogP contribution is -2.43. The van der Waals surface area contributed by atoms with Crippen LogP contribution in [0.1, 0.15) is 29.1 Å². The fraction of sp³-hybridized carbons (Fsp3) is 0.263. The second-order valence-electron chi connectivity index (χ2n) is 6.53. The molecule has 0 saturated heterocycles. The number of ether oxygens (including phenoxy) is 2. The standard InChI is InChI=1S/C19H16O5S/c1-19(2,24-18(21)15-4-3-7-25-15)16-9-12-8-11-5-6-17(20)23-13(11)10-14(12)22-16/h3-8,10,16H,9H2,1-2H3. The van der Waals surface area contributed by atoms with Gasteiger partial charge in [0.05, 0.1) is 0 Å². The van der Waals surface area contributed by atoms with Gasteiger partial charge in [-0.25, -0.2) is 9.59 Å². The van der Waals surface area contributed by atoms with Crippen molar-refractivity contribution in [3.05, 3.63) is 62.6 Å². The van der Waals surface area contributed by atoms with E-state index in [1.54, 1.807) is 18.2 Å². The maximum Gasteiger partial charge on any atom is 0.348 e. The number of rotatable bonds is 3. The van der Waals surface area contributed by atoms with Crippen LogP contribution in [-0.4, -0.2) is 17.7 Å². The minimum absolute atomic E-state index is 0.310. The summed E-state index contributed by atoms with van der Waals surface area (Å²) >= 11 is 1.35. The normalized spacial score (nSPS) is 16.5. The summed E-state index contributed by atoms with van der Waals surface area (Å²) in [5.41, 5.74) is 0.298. The van der Waals surface area contributed by atoms with Crippen molar-refractivity contribution in [1.29, 1.82) is 0 Å². The maximum atomic E-state index is 12.3. The largest absolute Gasteiger partial charge is 0.485 e. The number of esters is 1. The fourth-order valence-electron chi connectivity index (χ4n) is 2.95. The highest BCUT2D eigenvalue weighted by atomic mass is 32.1. The number of benzene rings is 1. The Kier molecular flexibility index (Phi) is 3.65. The molecule has 1 aromatic carbocycles. The Labute approximate surface area is 147 Å². The zero-order valence-corrected chi connectivity index (χ0v) is 14.6. The Morgan fingerprint density at radius 1 is 1.28 bits per heavy atom. The monoisotopic (exact) mass is 356 g/mol. The molecule has 2 aromatic heterocycles. The highest BCUT2D eigenvalue weighted by Crippen LogP contribution is 2.37. The lowest BCUT2D eigenvalue weighted by atomic mass is 9.96. The Morgan fingerprint density at radius 3 is 2.88 bits per heavy atom. The Morgan fingerprint density at radius 2 is 2.12 bits per heavy atom. The number of carbonyl (C=O) groups excluding carboxylic acids is 1. The summed E-state index contributed by atoms with van der Waals surface area (Å²) in [6, 6.07) is 10.4. The average molecular weight is 356 g/mol. The summed E-state index contributed by atoms with van der Waals surface area (Å²) in [4.78, 5) is 24.2. The van der Waals surface area contributed by atoms with Crippen molar-refractivity contribution in [2.24, 2.45) is 0 Å². The summed E-state index contributed by atoms with van der Waals surface area (Å²) in [5, 5.41) is 2.68. The van der Waals surface area contributed by atoms with E-state index in [2.05, 4.69) is 0 Å². The Bertz CT molecular complexity index is 1000. The Balaban J connectivity index is 1.58. The minimum atomic E-state index is -0.798. The van der Waals surface area contributed by atoms with Crippen LogP contribution in [0.2, 0.25) is 0 Å². The maximum absolute atomic E-state index is 12.3. The van der Waals surface area contributed by atoms with Crippen LogP contribution in [0.25, 0.3) is 11.0 Å². The molecular formula is C19H16O5S. The van der Waals surface area contributed by atoms with Gasteiger partial charge in [-0.1, -0.05) is 6.07 Å². The van der Waals surface area contributed by atoms with Gasteiger partial charge in [0.15, 0.2) is 0 Å². The van der Waals surface area contributed by atoms with Crippen molar-refractivity contribution in [2.75, 3.05) is 0 Å². The minimum Gasteiger partial charge on any atom is -0.485 e. The van der Waals surface area contributed by atoms with Crippen LogP contribution >= 0.6 is 11.3 Å². The van der Waals surface area contributed by atoms with E-state index >= 15 is 0 Å². The van der Waals surface area contributed by atoms with E-state index in [-0.39, 0.29) is 12.1 Å². The van der Waals surface area contributed by atoms with Gasteiger partial charge in [0.25, 0.3) is 0 Å². The molecule has 6 heteroatoms. The van der Waals surface area contributed by atoms with Crippen molar-refractivity contribution in [3.63, 3.8) is 0 Å². The molecule has 5 nitrogen and oxygen atoms in total. The van der Waals surface area contributed by atoms with Crippen molar-refractivity contribution in [1.82, 2.24) is 0 Å². The SMILES string of the molecule is CC(C)(OC(=O)c1cccs1)C1Cc2cc3ccc(=O)oc3cc2O1. The second kappa shape index (κ2) is 5.74. The van der Waals surface area contributed by atoms with Gasteiger partial charge >= 0.3 is 11.6 Å². The number of carbonyl (C=O) groups is 1. The molecule has 1 aliphatic rings. The smallest absolute Gasteiger partial charge is 0.348 e.